The van der Waals surface area contributed by atoms with Crippen LogP contribution in [0.4, 0.5) is 0 Å². The minimum atomic E-state index is -0.107. The van der Waals surface area contributed by atoms with E-state index in [1.807, 2.05) is 17.8 Å². The zero-order chi connectivity index (χ0) is 12.3. The summed E-state index contributed by atoms with van der Waals surface area (Å²) >= 11 is 3.29. The first-order chi connectivity index (χ1) is 8.16. The number of aryl methyl sites for hydroxylation is 1. The highest BCUT2D eigenvalue weighted by Gasteiger charge is 2.07. The van der Waals surface area contributed by atoms with Gasteiger partial charge in [0.15, 0.2) is 0 Å². The Labute approximate surface area is 107 Å². The van der Waals surface area contributed by atoms with Gasteiger partial charge in [0, 0.05) is 43.1 Å². The monoisotopic (exact) mass is 296 g/mol. The zero-order valence-electron chi connectivity index (χ0n) is 9.40. The molecule has 6 heteroatoms. The van der Waals surface area contributed by atoms with Crippen molar-refractivity contribution in [2.45, 2.75) is 6.42 Å². The SMILES string of the molecule is Cn1ccnc1CCNC(=O)c1cc(Br)c[nH]1. The third-order valence-corrected chi connectivity index (χ3v) is 2.91. The summed E-state index contributed by atoms with van der Waals surface area (Å²) in [7, 11) is 1.94. The fourth-order valence-electron chi connectivity index (χ4n) is 1.52. The molecule has 0 fully saturated rings. The van der Waals surface area contributed by atoms with Crippen LogP contribution in [0.3, 0.4) is 0 Å². The largest absolute Gasteiger partial charge is 0.356 e. The molecular formula is C11H13BrN4O. The Morgan fingerprint density at radius 3 is 3.06 bits per heavy atom. The van der Waals surface area contributed by atoms with Crippen LogP contribution in [0.15, 0.2) is 29.1 Å². The average molecular weight is 297 g/mol. The second kappa shape index (κ2) is 5.18. The van der Waals surface area contributed by atoms with Crippen LogP contribution in [0.2, 0.25) is 0 Å². The van der Waals surface area contributed by atoms with E-state index in [-0.39, 0.29) is 5.91 Å². The maximum Gasteiger partial charge on any atom is 0.267 e. The van der Waals surface area contributed by atoms with Crippen molar-refractivity contribution in [2.24, 2.45) is 7.05 Å². The number of nitrogens with one attached hydrogen (secondary N) is 2. The van der Waals surface area contributed by atoms with Crippen molar-refractivity contribution < 1.29 is 4.79 Å². The van der Waals surface area contributed by atoms with Gasteiger partial charge in [-0.2, -0.15) is 0 Å². The molecule has 2 aromatic rings. The summed E-state index contributed by atoms with van der Waals surface area (Å²) < 4.78 is 2.81. The summed E-state index contributed by atoms with van der Waals surface area (Å²) in [5.41, 5.74) is 0.553. The second-order valence-electron chi connectivity index (χ2n) is 3.69. The number of aromatic nitrogens is 3. The first kappa shape index (κ1) is 11.9. The van der Waals surface area contributed by atoms with Crippen LogP contribution in [0, 0.1) is 0 Å². The third kappa shape index (κ3) is 2.97. The standard InChI is InChI=1S/C11H13BrN4O/c1-16-5-4-13-10(16)2-3-14-11(17)9-6-8(12)7-15-9/h4-7,15H,2-3H2,1H3,(H,14,17). The highest BCUT2D eigenvalue weighted by atomic mass is 79.9. The number of imidazole rings is 1. The fraction of sp³-hybridized carbons (Fsp3) is 0.273. The quantitative estimate of drug-likeness (QED) is 0.898. The predicted octanol–water partition coefficient (Wildman–Crippen LogP) is 1.48. The first-order valence-electron chi connectivity index (χ1n) is 5.25. The van der Waals surface area contributed by atoms with E-state index < -0.39 is 0 Å². The number of hydrogen-bond donors (Lipinski definition) is 2. The maximum absolute atomic E-state index is 11.7. The van der Waals surface area contributed by atoms with Crippen LogP contribution < -0.4 is 5.32 Å². The van der Waals surface area contributed by atoms with Gasteiger partial charge in [-0.3, -0.25) is 4.79 Å². The molecule has 0 aromatic carbocycles. The van der Waals surface area contributed by atoms with E-state index in [9.17, 15) is 4.79 Å². The van der Waals surface area contributed by atoms with Crippen molar-refractivity contribution in [2.75, 3.05) is 6.54 Å². The maximum atomic E-state index is 11.7. The van der Waals surface area contributed by atoms with Gasteiger partial charge in [-0.15, -0.1) is 0 Å². The highest BCUT2D eigenvalue weighted by molar-refractivity contribution is 9.10. The van der Waals surface area contributed by atoms with Gasteiger partial charge >= 0.3 is 0 Å². The van der Waals surface area contributed by atoms with Crippen molar-refractivity contribution in [1.29, 1.82) is 0 Å². The van der Waals surface area contributed by atoms with Crippen LogP contribution in [-0.2, 0) is 13.5 Å². The number of H-pyrrole nitrogens is 1. The number of aromatic amines is 1. The highest BCUT2D eigenvalue weighted by Crippen LogP contribution is 2.10. The molecule has 0 aliphatic rings. The van der Waals surface area contributed by atoms with Gasteiger partial charge in [0.2, 0.25) is 0 Å². The lowest BCUT2D eigenvalue weighted by molar-refractivity contribution is 0.0949. The zero-order valence-corrected chi connectivity index (χ0v) is 11.0. The number of carbonyl (C=O) groups is 1. The van der Waals surface area contributed by atoms with Crippen LogP contribution in [0.1, 0.15) is 16.3 Å². The molecule has 1 amide bonds. The molecule has 0 unspecified atom stereocenters. The van der Waals surface area contributed by atoms with Crippen molar-refractivity contribution in [1.82, 2.24) is 19.9 Å². The van der Waals surface area contributed by atoms with E-state index in [0.29, 0.717) is 12.2 Å². The van der Waals surface area contributed by atoms with Crippen LogP contribution in [0.25, 0.3) is 0 Å². The van der Waals surface area contributed by atoms with Crippen molar-refractivity contribution in [3.05, 3.63) is 40.6 Å². The summed E-state index contributed by atoms with van der Waals surface area (Å²) in [6.07, 6.45) is 6.09. The van der Waals surface area contributed by atoms with Gasteiger partial charge in [-0.25, -0.2) is 4.98 Å². The average Bonchev–Trinajstić information content (AvgIpc) is 2.88. The van der Waals surface area contributed by atoms with Gasteiger partial charge in [-0.05, 0) is 22.0 Å². The molecule has 5 nitrogen and oxygen atoms in total. The number of rotatable bonds is 4. The van der Waals surface area contributed by atoms with Crippen molar-refractivity contribution >= 4 is 21.8 Å². The lowest BCUT2D eigenvalue weighted by atomic mass is 10.3. The molecule has 2 aromatic heterocycles. The molecule has 17 heavy (non-hydrogen) atoms. The molecule has 0 aliphatic carbocycles. The molecule has 0 saturated heterocycles. The molecule has 2 N–H and O–H groups in total. The van der Waals surface area contributed by atoms with E-state index in [1.165, 1.54) is 0 Å². The van der Waals surface area contributed by atoms with Crippen LogP contribution in [-0.4, -0.2) is 27.0 Å². The van der Waals surface area contributed by atoms with Crippen LogP contribution >= 0.6 is 15.9 Å². The molecule has 2 rings (SSSR count). The Kier molecular flexibility index (Phi) is 3.63. The minimum absolute atomic E-state index is 0.107. The summed E-state index contributed by atoms with van der Waals surface area (Å²) in [4.78, 5) is 18.7. The summed E-state index contributed by atoms with van der Waals surface area (Å²) in [5.74, 6) is 0.850. The Morgan fingerprint density at radius 1 is 1.65 bits per heavy atom. The van der Waals surface area contributed by atoms with E-state index >= 15 is 0 Å². The fourth-order valence-corrected chi connectivity index (χ4v) is 1.86. The summed E-state index contributed by atoms with van der Waals surface area (Å²) in [5, 5.41) is 2.83. The van der Waals surface area contributed by atoms with Gasteiger partial charge in [0.1, 0.15) is 11.5 Å². The molecule has 0 atom stereocenters. The lowest BCUT2D eigenvalue weighted by Crippen LogP contribution is -2.26. The van der Waals surface area contributed by atoms with E-state index in [1.54, 1.807) is 18.5 Å². The Hall–Kier alpha value is -1.56. The van der Waals surface area contributed by atoms with E-state index in [2.05, 4.69) is 31.2 Å². The number of nitrogens with zero attached hydrogens (tertiary/aromatic N) is 2. The molecule has 0 saturated carbocycles. The van der Waals surface area contributed by atoms with Crippen molar-refractivity contribution in [3.63, 3.8) is 0 Å². The number of carbonyl (C=O) groups excluding carboxylic acids is 1. The Balaban J connectivity index is 1.83. The number of amides is 1. The minimum Gasteiger partial charge on any atom is -0.356 e. The molecule has 90 valence electrons. The molecule has 0 radical (unpaired) electrons. The second-order valence-corrected chi connectivity index (χ2v) is 4.61. The summed E-state index contributed by atoms with van der Waals surface area (Å²) in [6, 6.07) is 1.75. The molecule has 2 heterocycles. The lowest BCUT2D eigenvalue weighted by Gasteiger charge is -2.03. The Morgan fingerprint density at radius 2 is 2.47 bits per heavy atom. The smallest absolute Gasteiger partial charge is 0.267 e. The van der Waals surface area contributed by atoms with Gasteiger partial charge in [-0.1, -0.05) is 0 Å². The molecule has 0 bridgehead atoms. The normalized spacial score (nSPS) is 10.5. The van der Waals surface area contributed by atoms with E-state index in [0.717, 1.165) is 16.7 Å². The van der Waals surface area contributed by atoms with E-state index in [4.69, 9.17) is 0 Å². The molecular weight excluding hydrogens is 284 g/mol. The number of hydrogen-bond acceptors (Lipinski definition) is 2. The molecule has 0 spiro atoms. The van der Waals surface area contributed by atoms with Gasteiger partial charge < -0.3 is 14.9 Å². The predicted molar refractivity (Wildman–Crippen MR) is 67.7 cm³/mol. The number of halogens is 1. The van der Waals surface area contributed by atoms with Crippen LogP contribution in [0.5, 0.6) is 0 Å². The molecule has 0 aliphatic heterocycles. The van der Waals surface area contributed by atoms with Gasteiger partial charge in [0.25, 0.3) is 5.91 Å². The first-order valence-corrected chi connectivity index (χ1v) is 6.04. The topological polar surface area (TPSA) is 62.7 Å². The van der Waals surface area contributed by atoms with Crippen molar-refractivity contribution in [3.8, 4) is 0 Å². The summed E-state index contributed by atoms with van der Waals surface area (Å²) in [6.45, 7) is 0.570. The third-order valence-electron chi connectivity index (χ3n) is 2.45. The Bertz CT molecular complexity index is 517. The van der Waals surface area contributed by atoms with Gasteiger partial charge in [0.05, 0.1) is 0 Å².